The van der Waals surface area contributed by atoms with Crippen molar-refractivity contribution in [2.75, 3.05) is 44.2 Å². The maximum Gasteiger partial charge on any atom is 0.244 e. The highest BCUT2D eigenvalue weighted by atomic mass is 32.1. The van der Waals surface area contributed by atoms with E-state index in [-0.39, 0.29) is 5.91 Å². The summed E-state index contributed by atoms with van der Waals surface area (Å²) in [5.41, 5.74) is 1.05. The number of amides is 1. The number of piperazine rings is 1. The first-order valence-electron chi connectivity index (χ1n) is 11.1. The average molecular weight is 433 g/mol. The van der Waals surface area contributed by atoms with Gasteiger partial charge < -0.3 is 10.2 Å². The summed E-state index contributed by atoms with van der Waals surface area (Å²) in [6, 6.07) is 18.4. The van der Waals surface area contributed by atoms with Gasteiger partial charge in [0.2, 0.25) is 5.91 Å². The Kier molecular flexibility index (Phi) is 6.00. The zero-order chi connectivity index (χ0) is 21.0. The minimum Gasteiger partial charge on any atom is -0.353 e. The third-order valence-corrected chi connectivity index (χ3v) is 7.17. The monoisotopic (exact) mass is 432 g/mol. The van der Waals surface area contributed by atoms with Gasteiger partial charge in [0.05, 0.1) is 4.70 Å². The molecular weight excluding hydrogens is 404 g/mol. The zero-order valence-corrected chi connectivity index (χ0v) is 18.4. The van der Waals surface area contributed by atoms with E-state index in [9.17, 15) is 4.79 Å². The first kappa shape index (κ1) is 20.2. The number of fused-ring (bicyclic) bond motifs is 1. The van der Waals surface area contributed by atoms with Gasteiger partial charge in [-0.15, -0.1) is 0 Å². The molecule has 0 bridgehead atoms. The Hall–Kier alpha value is -2.70. The van der Waals surface area contributed by atoms with E-state index in [2.05, 4.69) is 39.4 Å². The number of carbonyl (C=O) groups is 1. The number of benzene rings is 2. The molecule has 1 aromatic heterocycles. The Labute approximate surface area is 187 Å². The summed E-state index contributed by atoms with van der Waals surface area (Å²) in [6.07, 6.45) is 4.72. The van der Waals surface area contributed by atoms with Crippen molar-refractivity contribution in [3.05, 3.63) is 66.2 Å². The molecule has 160 valence electrons. The van der Waals surface area contributed by atoms with E-state index < -0.39 is 0 Å². The van der Waals surface area contributed by atoms with E-state index >= 15 is 0 Å². The van der Waals surface area contributed by atoms with Crippen LogP contribution >= 0.6 is 11.5 Å². The number of carbonyl (C=O) groups excluding carboxylic acids is 1. The van der Waals surface area contributed by atoms with Gasteiger partial charge in [0.15, 0.2) is 0 Å². The standard InChI is InChI=1S/C25H28N4OS/c30-24(11-10-19-6-2-1-3-7-19)26-17-20-16-21(20)18-28-12-14-29(15-13-28)25-22-8-4-5-9-23(22)31-27-25/h1-11,20-21H,12-18H2,(H,26,30). The normalized spacial score (nSPS) is 21.6. The van der Waals surface area contributed by atoms with E-state index in [4.69, 9.17) is 4.37 Å². The first-order chi connectivity index (χ1) is 15.3. The van der Waals surface area contributed by atoms with Crippen molar-refractivity contribution in [2.45, 2.75) is 6.42 Å². The molecule has 6 heteroatoms. The molecule has 0 radical (unpaired) electrons. The maximum absolute atomic E-state index is 12.1. The molecule has 0 spiro atoms. The van der Waals surface area contributed by atoms with Crippen LogP contribution in [0.4, 0.5) is 5.82 Å². The quantitative estimate of drug-likeness (QED) is 0.576. The third kappa shape index (κ3) is 4.97. The van der Waals surface area contributed by atoms with Crippen molar-refractivity contribution in [1.82, 2.24) is 14.6 Å². The lowest BCUT2D eigenvalue weighted by atomic mass is 10.2. The SMILES string of the molecule is O=C(C=Cc1ccccc1)NCC1CC1CN1CCN(c2nsc3ccccc23)CC1. The van der Waals surface area contributed by atoms with E-state index in [0.717, 1.165) is 50.6 Å². The molecule has 2 atom stereocenters. The molecule has 2 fully saturated rings. The molecule has 2 unspecified atom stereocenters. The summed E-state index contributed by atoms with van der Waals surface area (Å²) in [6.45, 7) is 6.17. The van der Waals surface area contributed by atoms with Crippen LogP contribution in [0.1, 0.15) is 12.0 Å². The number of anilines is 1. The smallest absolute Gasteiger partial charge is 0.244 e. The third-order valence-electron chi connectivity index (χ3n) is 6.36. The minimum atomic E-state index is -0.00129. The predicted molar refractivity (Wildman–Crippen MR) is 128 cm³/mol. The Bertz CT molecular complexity index is 1060. The second-order valence-corrected chi connectivity index (χ2v) is 9.34. The molecule has 2 aromatic carbocycles. The van der Waals surface area contributed by atoms with Crippen molar-refractivity contribution in [3.63, 3.8) is 0 Å². The van der Waals surface area contributed by atoms with Gasteiger partial charge in [-0.2, -0.15) is 4.37 Å². The van der Waals surface area contributed by atoms with Crippen LogP contribution in [0.15, 0.2) is 60.7 Å². The largest absolute Gasteiger partial charge is 0.353 e. The minimum absolute atomic E-state index is 0.00129. The first-order valence-corrected chi connectivity index (χ1v) is 11.9. The lowest BCUT2D eigenvalue weighted by molar-refractivity contribution is -0.116. The summed E-state index contributed by atoms with van der Waals surface area (Å²) in [7, 11) is 0. The van der Waals surface area contributed by atoms with E-state index in [1.165, 1.54) is 16.5 Å². The number of rotatable bonds is 7. The molecule has 1 aliphatic carbocycles. The lowest BCUT2D eigenvalue weighted by Crippen LogP contribution is -2.47. The van der Waals surface area contributed by atoms with Crippen molar-refractivity contribution < 1.29 is 4.79 Å². The van der Waals surface area contributed by atoms with Crippen molar-refractivity contribution in [2.24, 2.45) is 11.8 Å². The van der Waals surface area contributed by atoms with Crippen LogP contribution in [-0.2, 0) is 4.79 Å². The highest BCUT2D eigenvalue weighted by molar-refractivity contribution is 7.13. The van der Waals surface area contributed by atoms with Gasteiger partial charge in [-0.05, 0) is 53.6 Å². The van der Waals surface area contributed by atoms with Crippen LogP contribution in [0, 0.1) is 11.8 Å². The topological polar surface area (TPSA) is 48.5 Å². The van der Waals surface area contributed by atoms with Gasteiger partial charge in [-0.1, -0.05) is 42.5 Å². The van der Waals surface area contributed by atoms with Crippen LogP contribution in [-0.4, -0.2) is 54.4 Å². The Morgan fingerprint density at radius 2 is 1.81 bits per heavy atom. The van der Waals surface area contributed by atoms with Gasteiger partial charge in [-0.25, -0.2) is 0 Å². The molecule has 2 heterocycles. The molecular formula is C25H28N4OS. The Balaban J connectivity index is 1.03. The molecule has 1 aliphatic heterocycles. The van der Waals surface area contributed by atoms with E-state index in [1.54, 1.807) is 17.6 Å². The summed E-state index contributed by atoms with van der Waals surface area (Å²) in [5.74, 6) is 2.48. The van der Waals surface area contributed by atoms with Gasteiger partial charge >= 0.3 is 0 Å². The molecule has 1 amide bonds. The second kappa shape index (κ2) is 9.20. The summed E-state index contributed by atoms with van der Waals surface area (Å²) in [5, 5.41) is 4.34. The van der Waals surface area contributed by atoms with Crippen molar-refractivity contribution in [1.29, 1.82) is 0 Å². The van der Waals surface area contributed by atoms with E-state index in [0.29, 0.717) is 11.8 Å². The molecule has 1 saturated heterocycles. The average Bonchev–Trinajstić information content (AvgIpc) is 3.41. The highest BCUT2D eigenvalue weighted by Crippen LogP contribution is 2.39. The van der Waals surface area contributed by atoms with Crippen LogP contribution in [0.3, 0.4) is 0 Å². The van der Waals surface area contributed by atoms with Gasteiger partial charge in [0.1, 0.15) is 5.82 Å². The fourth-order valence-corrected chi connectivity index (χ4v) is 5.18. The van der Waals surface area contributed by atoms with Crippen LogP contribution in [0.5, 0.6) is 0 Å². The summed E-state index contributed by atoms with van der Waals surface area (Å²) < 4.78 is 5.97. The molecule has 5 rings (SSSR count). The maximum atomic E-state index is 12.1. The number of hydrogen-bond donors (Lipinski definition) is 1. The van der Waals surface area contributed by atoms with Gasteiger partial charge in [-0.3, -0.25) is 9.69 Å². The Morgan fingerprint density at radius 1 is 1.03 bits per heavy atom. The van der Waals surface area contributed by atoms with Gasteiger partial charge in [0, 0.05) is 50.7 Å². The summed E-state index contributed by atoms with van der Waals surface area (Å²) in [4.78, 5) is 17.1. The second-order valence-electron chi connectivity index (χ2n) is 8.54. The Morgan fingerprint density at radius 3 is 2.65 bits per heavy atom. The molecule has 1 saturated carbocycles. The highest BCUT2D eigenvalue weighted by Gasteiger charge is 2.38. The zero-order valence-electron chi connectivity index (χ0n) is 17.6. The number of nitrogens with zero attached hydrogens (tertiary/aromatic N) is 3. The predicted octanol–water partition coefficient (Wildman–Crippen LogP) is 3.88. The number of hydrogen-bond acceptors (Lipinski definition) is 5. The fraction of sp³-hybridized carbons (Fsp3) is 0.360. The number of aromatic nitrogens is 1. The molecule has 1 N–H and O–H groups in total. The fourth-order valence-electron chi connectivity index (χ4n) is 4.39. The molecule has 31 heavy (non-hydrogen) atoms. The van der Waals surface area contributed by atoms with Crippen molar-refractivity contribution >= 4 is 39.4 Å². The van der Waals surface area contributed by atoms with Gasteiger partial charge in [0.25, 0.3) is 0 Å². The van der Waals surface area contributed by atoms with Crippen LogP contribution in [0.25, 0.3) is 16.2 Å². The lowest BCUT2D eigenvalue weighted by Gasteiger charge is -2.35. The molecule has 3 aromatic rings. The molecule has 5 nitrogen and oxygen atoms in total. The van der Waals surface area contributed by atoms with Crippen LogP contribution < -0.4 is 10.2 Å². The van der Waals surface area contributed by atoms with E-state index in [1.807, 2.05) is 36.4 Å². The molecule has 2 aliphatic rings. The summed E-state index contributed by atoms with van der Waals surface area (Å²) >= 11 is 1.59. The van der Waals surface area contributed by atoms with Crippen LogP contribution in [0.2, 0.25) is 0 Å². The number of nitrogens with one attached hydrogen (secondary N) is 1. The van der Waals surface area contributed by atoms with Crippen molar-refractivity contribution in [3.8, 4) is 0 Å².